The third kappa shape index (κ3) is 4.07. The van der Waals surface area contributed by atoms with Gasteiger partial charge in [-0.1, -0.05) is 35.9 Å². The Balaban J connectivity index is 1.68. The zero-order valence-electron chi connectivity index (χ0n) is 15.1. The van der Waals surface area contributed by atoms with E-state index >= 15 is 0 Å². The van der Waals surface area contributed by atoms with Crippen molar-refractivity contribution in [1.82, 2.24) is 9.80 Å². The van der Waals surface area contributed by atoms with Crippen LogP contribution in [-0.2, 0) is 11.3 Å². The van der Waals surface area contributed by atoms with E-state index in [1.54, 1.807) is 11.9 Å². The van der Waals surface area contributed by atoms with E-state index in [2.05, 4.69) is 0 Å². The number of hydrogen-bond acceptors (Lipinski definition) is 2. The van der Waals surface area contributed by atoms with E-state index < -0.39 is 0 Å². The molecule has 0 N–H and O–H groups in total. The number of amides is 2. The zero-order chi connectivity index (χ0) is 18.7. The van der Waals surface area contributed by atoms with Gasteiger partial charge in [-0.05, 0) is 48.7 Å². The minimum absolute atomic E-state index is 0.0405. The lowest BCUT2D eigenvalue weighted by molar-refractivity contribution is -0.128. The van der Waals surface area contributed by atoms with Gasteiger partial charge in [-0.3, -0.25) is 9.59 Å². The molecule has 1 unspecified atom stereocenters. The summed E-state index contributed by atoms with van der Waals surface area (Å²) in [5.74, 6) is 0.168. The van der Waals surface area contributed by atoms with Crippen molar-refractivity contribution in [3.05, 3.63) is 70.2 Å². The molecule has 1 fully saturated rings. The highest BCUT2D eigenvalue weighted by molar-refractivity contribution is 6.30. The van der Waals surface area contributed by atoms with Gasteiger partial charge in [0.05, 0.1) is 6.04 Å². The summed E-state index contributed by atoms with van der Waals surface area (Å²) in [5, 5.41) is 0.663. The van der Waals surface area contributed by atoms with Crippen molar-refractivity contribution >= 4 is 23.4 Å². The molecule has 1 aliphatic rings. The van der Waals surface area contributed by atoms with Crippen molar-refractivity contribution in [1.29, 1.82) is 0 Å². The topological polar surface area (TPSA) is 40.6 Å². The largest absolute Gasteiger partial charge is 0.338 e. The summed E-state index contributed by atoms with van der Waals surface area (Å²) < 4.78 is 0. The molecule has 3 rings (SSSR count). The van der Waals surface area contributed by atoms with Crippen LogP contribution in [0.2, 0.25) is 5.02 Å². The lowest BCUT2D eigenvalue weighted by Crippen LogP contribution is -2.29. The molecule has 0 radical (unpaired) electrons. The molecule has 2 aromatic carbocycles. The van der Waals surface area contributed by atoms with E-state index in [4.69, 9.17) is 11.6 Å². The van der Waals surface area contributed by atoms with Crippen molar-refractivity contribution in [2.45, 2.75) is 32.4 Å². The Morgan fingerprint density at radius 3 is 2.58 bits per heavy atom. The monoisotopic (exact) mass is 370 g/mol. The smallest absolute Gasteiger partial charge is 0.254 e. The maximum atomic E-state index is 12.8. The van der Waals surface area contributed by atoms with E-state index in [1.807, 2.05) is 60.4 Å². The standard InChI is InChI=1S/C21H23ClN2O2/c1-15(18-5-3-6-19(22)13-18)23(2)21(26)17-10-8-16(9-11-17)14-24-12-4-7-20(24)25/h3,5-6,8-11,13,15H,4,7,12,14H2,1-2H3. The summed E-state index contributed by atoms with van der Waals surface area (Å²) in [6, 6.07) is 15.0. The number of rotatable bonds is 5. The van der Waals surface area contributed by atoms with E-state index in [9.17, 15) is 9.59 Å². The molecule has 2 amide bonds. The fourth-order valence-electron chi connectivity index (χ4n) is 3.21. The fourth-order valence-corrected chi connectivity index (χ4v) is 3.41. The van der Waals surface area contributed by atoms with Crippen LogP contribution in [0.1, 0.15) is 47.3 Å². The van der Waals surface area contributed by atoms with Gasteiger partial charge in [0.15, 0.2) is 0 Å². The molecule has 0 bridgehead atoms. The third-order valence-electron chi connectivity index (χ3n) is 4.98. The number of carbonyl (C=O) groups excluding carboxylic acids is 2. The fraction of sp³-hybridized carbons (Fsp3) is 0.333. The first-order chi connectivity index (χ1) is 12.5. The highest BCUT2D eigenvalue weighted by Gasteiger charge is 2.21. The minimum Gasteiger partial charge on any atom is -0.338 e. The average Bonchev–Trinajstić information content (AvgIpc) is 3.05. The highest BCUT2D eigenvalue weighted by atomic mass is 35.5. The summed E-state index contributed by atoms with van der Waals surface area (Å²) in [6.07, 6.45) is 1.57. The molecule has 0 spiro atoms. The van der Waals surface area contributed by atoms with Gasteiger partial charge in [-0.2, -0.15) is 0 Å². The van der Waals surface area contributed by atoms with Crippen molar-refractivity contribution in [2.75, 3.05) is 13.6 Å². The van der Waals surface area contributed by atoms with Gasteiger partial charge < -0.3 is 9.80 Å². The van der Waals surface area contributed by atoms with Crippen molar-refractivity contribution in [2.24, 2.45) is 0 Å². The Labute approximate surface area is 159 Å². The van der Waals surface area contributed by atoms with Crippen LogP contribution in [0.25, 0.3) is 0 Å². The Morgan fingerprint density at radius 1 is 1.23 bits per heavy atom. The van der Waals surface area contributed by atoms with E-state index in [0.717, 1.165) is 24.1 Å². The van der Waals surface area contributed by atoms with Crippen LogP contribution in [0.4, 0.5) is 0 Å². The van der Waals surface area contributed by atoms with E-state index in [-0.39, 0.29) is 17.9 Å². The predicted molar refractivity (Wildman–Crippen MR) is 103 cm³/mol. The first kappa shape index (κ1) is 18.5. The molecule has 2 aromatic rings. The molecule has 1 aliphatic heterocycles. The Hall–Kier alpha value is -2.33. The summed E-state index contributed by atoms with van der Waals surface area (Å²) in [7, 11) is 1.80. The Morgan fingerprint density at radius 2 is 1.96 bits per heavy atom. The first-order valence-electron chi connectivity index (χ1n) is 8.85. The van der Waals surface area contributed by atoms with Crippen LogP contribution in [0, 0.1) is 0 Å². The maximum Gasteiger partial charge on any atom is 0.254 e. The Kier molecular flexibility index (Phi) is 5.62. The second-order valence-electron chi connectivity index (χ2n) is 6.76. The van der Waals surface area contributed by atoms with Crippen LogP contribution in [-0.4, -0.2) is 35.2 Å². The molecule has 0 aliphatic carbocycles. The van der Waals surface area contributed by atoms with Gasteiger partial charge in [0, 0.05) is 37.1 Å². The first-order valence-corrected chi connectivity index (χ1v) is 9.23. The summed E-state index contributed by atoms with van der Waals surface area (Å²) in [6.45, 7) is 3.42. The number of nitrogens with zero attached hydrogens (tertiary/aromatic N) is 2. The summed E-state index contributed by atoms with van der Waals surface area (Å²) in [4.78, 5) is 28.1. The second kappa shape index (κ2) is 7.92. The van der Waals surface area contributed by atoms with E-state index in [0.29, 0.717) is 23.6 Å². The molecule has 0 saturated carbocycles. The summed E-state index contributed by atoms with van der Waals surface area (Å²) in [5.41, 5.74) is 2.68. The zero-order valence-corrected chi connectivity index (χ0v) is 15.9. The number of hydrogen-bond donors (Lipinski definition) is 0. The molecule has 26 heavy (non-hydrogen) atoms. The second-order valence-corrected chi connectivity index (χ2v) is 7.20. The van der Waals surface area contributed by atoms with Crippen LogP contribution in [0.5, 0.6) is 0 Å². The van der Waals surface area contributed by atoms with Crippen molar-refractivity contribution < 1.29 is 9.59 Å². The van der Waals surface area contributed by atoms with Crippen LogP contribution >= 0.6 is 11.6 Å². The predicted octanol–water partition coefficient (Wildman–Crippen LogP) is 4.30. The molecule has 1 atom stereocenters. The van der Waals surface area contributed by atoms with Gasteiger partial charge in [0.25, 0.3) is 5.91 Å². The van der Waals surface area contributed by atoms with Crippen LogP contribution in [0.15, 0.2) is 48.5 Å². The normalized spacial score (nSPS) is 15.2. The minimum atomic E-state index is -0.0805. The van der Waals surface area contributed by atoms with Crippen molar-refractivity contribution in [3.8, 4) is 0 Å². The molecule has 0 aromatic heterocycles. The molecular formula is C21H23ClN2O2. The molecule has 136 valence electrons. The van der Waals surface area contributed by atoms with E-state index in [1.165, 1.54) is 0 Å². The van der Waals surface area contributed by atoms with Gasteiger partial charge in [-0.15, -0.1) is 0 Å². The SMILES string of the molecule is CC(c1cccc(Cl)c1)N(C)C(=O)c1ccc(CN2CCCC2=O)cc1. The van der Waals surface area contributed by atoms with Gasteiger partial charge >= 0.3 is 0 Å². The quantitative estimate of drug-likeness (QED) is 0.787. The molecule has 1 heterocycles. The van der Waals surface area contributed by atoms with Crippen LogP contribution in [0.3, 0.4) is 0 Å². The molecule has 1 saturated heterocycles. The number of carbonyl (C=O) groups is 2. The summed E-state index contributed by atoms with van der Waals surface area (Å²) >= 11 is 6.06. The molecule has 4 nitrogen and oxygen atoms in total. The number of likely N-dealkylation sites (tertiary alicyclic amines) is 1. The average molecular weight is 371 g/mol. The van der Waals surface area contributed by atoms with Gasteiger partial charge in [-0.25, -0.2) is 0 Å². The van der Waals surface area contributed by atoms with Gasteiger partial charge in [0.1, 0.15) is 0 Å². The lowest BCUT2D eigenvalue weighted by Gasteiger charge is -2.25. The molecular weight excluding hydrogens is 348 g/mol. The Bertz CT molecular complexity index is 804. The molecule has 5 heteroatoms. The number of halogens is 1. The number of benzene rings is 2. The highest BCUT2D eigenvalue weighted by Crippen LogP contribution is 2.23. The van der Waals surface area contributed by atoms with Gasteiger partial charge in [0.2, 0.25) is 5.91 Å². The van der Waals surface area contributed by atoms with Crippen LogP contribution < -0.4 is 0 Å². The lowest BCUT2D eigenvalue weighted by atomic mass is 10.1. The maximum absolute atomic E-state index is 12.8. The third-order valence-corrected chi connectivity index (χ3v) is 5.21. The van der Waals surface area contributed by atoms with Crippen molar-refractivity contribution in [3.63, 3.8) is 0 Å².